The second-order valence-corrected chi connectivity index (χ2v) is 8.26. The summed E-state index contributed by atoms with van der Waals surface area (Å²) in [5.74, 6) is 0. The third kappa shape index (κ3) is 3.98. The quantitative estimate of drug-likeness (QED) is 0.340. The summed E-state index contributed by atoms with van der Waals surface area (Å²) < 4.78 is 19.9. The van der Waals surface area contributed by atoms with Crippen molar-refractivity contribution in [1.29, 1.82) is 0 Å². The molecule has 0 fully saturated rings. The molecule has 20 heavy (non-hydrogen) atoms. The lowest BCUT2D eigenvalue weighted by Gasteiger charge is -2.23. The first-order chi connectivity index (χ1) is 9.24. The van der Waals surface area contributed by atoms with Gasteiger partial charge in [0, 0.05) is 39.9 Å². The van der Waals surface area contributed by atoms with Crippen LogP contribution in [-0.2, 0) is 19.8 Å². The summed E-state index contributed by atoms with van der Waals surface area (Å²) in [5.41, 5.74) is 3.45. The molecule has 0 unspecified atom stereocenters. The average Bonchev–Trinajstić information content (AvgIpc) is 2.88. The lowest BCUT2D eigenvalue weighted by Crippen LogP contribution is -3.00. The SMILES string of the molecule is CO[Si](CCC[n+]1csc2ccccc21)(OC)OC.[I-]. The van der Waals surface area contributed by atoms with Crippen molar-refractivity contribution in [2.75, 3.05) is 21.3 Å². The average molecular weight is 425 g/mol. The molecular weight excluding hydrogens is 405 g/mol. The summed E-state index contributed by atoms with van der Waals surface area (Å²) in [6.07, 6.45) is 0.979. The molecule has 2 aromatic rings. The van der Waals surface area contributed by atoms with Gasteiger partial charge < -0.3 is 37.3 Å². The Morgan fingerprint density at radius 3 is 2.40 bits per heavy atom. The van der Waals surface area contributed by atoms with E-state index in [1.165, 1.54) is 10.2 Å². The molecule has 112 valence electrons. The number of benzene rings is 1. The molecule has 2 rings (SSSR count). The van der Waals surface area contributed by atoms with E-state index in [-0.39, 0.29) is 24.0 Å². The minimum absolute atomic E-state index is 0. The first-order valence-electron chi connectivity index (χ1n) is 6.26. The second kappa shape index (κ2) is 8.40. The van der Waals surface area contributed by atoms with Crippen LogP contribution in [0.25, 0.3) is 10.2 Å². The van der Waals surface area contributed by atoms with Crippen molar-refractivity contribution < 1.29 is 41.8 Å². The van der Waals surface area contributed by atoms with Gasteiger partial charge in [0.25, 0.3) is 0 Å². The Hall–Kier alpha value is -0.0631. The predicted molar refractivity (Wildman–Crippen MR) is 78.2 cm³/mol. The van der Waals surface area contributed by atoms with Gasteiger partial charge in [-0.25, -0.2) is 0 Å². The van der Waals surface area contributed by atoms with Gasteiger partial charge >= 0.3 is 8.80 Å². The van der Waals surface area contributed by atoms with Crippen LogP contribution in [0.1, 0.15) is 6.42 Å². The van der Waals surface area contributed by atoms with Crippen molar-refractivity contribution in [1.82, 2.24) is 0 Å². The molecule has 4 nitrogen and oxygen atoms in total. The van der Waals surface area contributed by atoms with E-state index in [4.69, 9.17) is 13.3 Å². The third-order valence-electron chi connectivity index (χ3n) is 3.30. The topological polar surface area (TPSA) is 31.6 Å². The van der Waals surface area contributed by atoms with Gasteiger partial charge in [0.1, 0.15) is 11.2 Å². The zero-order chi connectivity index (χ0) is 13.7. The largest absolute Gasteiger partial charge is 1.00 e. The molecule has 0 aliphatic heterocycles. The van der Waals surface area contributed by atoms with Gasteiger partial charge in [-0.2, -0.15) is 4.57 Å². The maximum Gasteiger partial charge on any atom is 0.500 e. The molecule has 0 atom stereocenters. The number of hydrogen-bond donors (Lipinski definition) is 0. The third-order valence-corrected chi connectivity index (χ3v) is 7.09. The van der Waals surface area contributed by atoms with Gasteiger partial charge in [0.2, 0.25) is 11.0 Å². The molecular formula is C13H20INO3SSi. The van der Waals surface area contributed by atoms with E-state index in [1.807, 2.05) is 0 Å². The van der Waals surface area contributed by atoms with Crippen LogP contribution < -0.4 is 28.5 Å². The van der Waals surface area contributed by atoms with Gasteiger partial charge in [-0.15, -0.1) is 0 Å². The van der Waals surface area contributed by atoms with Crippen LogP contribution >= 0.6 is 11.3 Å². The number of hydrogen-bond acceptors (Lipinski definition) is 4. The summed E-state index contributed by atoms with van der Waals surface area (Å²) in [6, 6.07) is 9.27. The molecule has 0 amide bonds. The molecule has 1 aromatic carbocycles. The molecule has 7 heteroatoms. The minimum Gasteiger partial charge on any atom is -1.00 e. The first-order valence-corrected chi connectivity index (χ1v) is 9.07. The fourth-order valence-corrected chi connectivity index (χ4v) is 4.79. The number of fused-ring (bicyclic) bond motifs is 1. The molecule has 0 aliphatic carbocycles. The molecule has 0 radical (unpaired) electrons. The van der Waals surface area contributed by atoms with E-state index >= 15 is 0 Å². The number of rotatable bonds is 7. The Bertz CT molecular complexity index is 525. The van der Waals surface area contributed by atoms with Crippen LogP contribution in [0.4, 0.5) is 0 Å². The zero-order valence-electron chi connectivity index (χ0n) is 12.0. The van der Waals surface area contributed by atoms with E-state index in [0.717, 1.165) is 19.0 Å². The fourth-order valence-electron chi connectivity index (χ4n) is 2.17. The van der Waals surface area contributed by atoms with Gasteiger partial charge in [0.05, 0.1) is 0 Å². The second-order valence-electron chi connectivity index (χ2n) is 4.28. The molecule has 0 saturated carbocycles. The van der Waals surface area contributed by atoms with E-state index in [2.05, 4.69) is 34.3 Å². The normalized spacial score (nSPS) is 11.6. The highest BCUT2D eigenvalue weighted by Crippen LogP contribution is 2.17. The summed E-state index contributed by atoms with van der Waals surface area (Å²) in [7, 11) is 2.55. The van der Waals surface area contributed by atoms with Crippen molar-refractivity contribution in [3.05, 3.63) is 29.8 Å². The van der Waals surface area contributed by atoms with Crippen molar-refractivity contribution in [2.24, 2.45) is 0 Å². The fraction of sp³-hybridized carbons (Fsp3) is 0.462. The van der Waals surface area contributed by atoms with Crippen LogP contribution in [0.2, 0.25) is 6.04 Å². The number of halogens is 1. The Balaban J connectivity index is 0.00000200. The molecule has 0 N–H and O–H groups in total. The lowest BCUT2D eigenvalue weighted by molar-refractivity contribution is -0.667. The standard InChI is InChI=1S/C13H20NO3SSi.HI/c1-15-19(16-2,17-3)10-6-9-14-11-18-13-8-5-4-7-12(13)14;/h4-5,7-8,11H,6,9-10H2,1-3H3;1H/q+1;/p-1. The maximum absolute atomic E-state index is 5.43. The summed E-state index contributed by atoms with van der Waals surface area (Å²) >= 11 is 1.77. The van der Waals surface area contributed by atoms with E-state index in [1.54, 1.807) is 32.7 Å². The molecule has 0 aliphatic rings. The number of thiazole rings is 1. The summed E-state index contributed by atoms with van der Waals surface area (Å²) in [6.45, 7) is 0.953. The maximum atomic E-state index is 5.43. The van der Waals surface area contributed by atoms with Crippen molar-refractivity contribution in [3.8, 4) is 0 Å². The van der Waals surface area contributed by atoms with Crippen LogP contribution in [0.15, 0.2) is 29.8 Å². The molecule has 1 heterocycles. The minimum atomic E-state index is -2.43. The number of nitrogens with zero attached hydrogens (tertiary/aromatic N) is 1. The van der Waals surface area contributed by atoms with Crippen LogP contribution in [0, 0.1) is 0 Å². The van der Waals surface area contributed by atoms with Crippen molar-refractivity contribution >= 4 is 30.4 Å². The van der Waals surface area contributed by atoms with E-state index < -0.39 is 8.80 Å². The van der Waals surface area contributed by atoms with Crippen LogP contribution in [0.3, 0.4) is 0 Å². The van der Waals surface area contributed by atoms with Crippen molar-refractivity contribution in [2.45, 2.75) is 19.0 Å². The number of aromatic nitrogens is 1. The first kappa shape index (κ1) is 18.0. The highest BCUT2D eigenvalue weighted by Gasteiger charge is 2.37. The summed E-state index contributed by atoms with van der Waals surface area (Å²) in [4.78, 5) is 0. The van der Waals surface area contributed by atoms with Gasteiger partial charge in [0.15, 0.2) is 0 Å². The molecule has 0 saturated heterocycles. The van der Waals surface area contributed by atoms with Crippen molar-refractivity contribution in [3.63, 3.8) is 0 Å². The van der Waals surface area contributed by atoms with Crippen LogP contribution in [0.5, 0.6) is 0 Å². The highest BCUT2D eigenvalue weighted by molar-refractivity contribution is 7.16. The van der Waals surface area contributed by atoms with E-state index in [9.17, 15) is 0 Å². The Morgan fingerprint density at radius 1 is 1.10 bits per heavy atom. The lowest BCUT2D eigenvalue weighted by atomic mass is 10.3. The predicted octanol–water partition coefficient (Wildman–Crippen LogP) is -0.539. The monoisotopic (exact) mass is 425 g/mol. The Labute approximate surface area is 142 Å². The zero-order valence-corrected chi connectivity index (χ0v) is 15.9. The number of para-hydroxylation sites is 1. The summed E-state index contributed by atoms with van der Waals surface area (Å²) in [5, 5.41) is 0. The van der Waals surface area contributed by atoms with Gasteiger partial charge in [-0.3, -0.25) is 0 Å². The Morgan fingerprint density at radius 2 is 1.75 bits per heavy atom. The van der Waals surface area contributed by atoms with Gasteiger partial charge in [-0.05, 0) is 6.07 Å². The molecule has 1 aromatic heterocycles. The highest BCUT2D eigenvalue weighted by atomic mass is 127. The van der Waals surface area contributed by atoms with E-state index in [0.29, 0.717) is 0 Å². The Kier molecular flexibility index (Phi) is 7.55. The smallest absolute Gasteiger partial charge is 0.500 e. The van der Waals surface area contributed by atoms with Gasteiger partial charge in [-0.1, -0.05) is 23.5 Å². The molecule has 0 bridgehead atoms. The van der Waals surface area contributed by atoms with Crippen LogP contribution in [-0.4, -0.2) is 30.1 Å². The number of aryl methyl sites for hydroxylation is 1. The molecule has 0 spiro atoms.